The molecule has 0 amide bonds. The summed E-state index contributed by atoms with van der Waals surface area (Å²) in [5, 5.41) is 0.841. The zero-order valence-corrected chi connectivity index (χ0v) is 17.9. The van der Waals surface area contributed by atoms with Gasteiger partial charge in [0, 0.05) is 34.4 Å². The Hall–Kier alpha value is -4.27. The van der Waals surface area contributed by atoms with E-state index in [2.05, 4.69) is 15.0 Å². The third kappa shape index (κ3) is 3.53. The first-order chi connectivity index (χ1) is 15.5. The van der Waals surface area contributed by atoms with Crippen molar-refractivity contribution in [1.82, 2.24) is 15.0 Å². The van der Waals surface area contributed by atoms with E-state index in [-0.39, 0.29) is 11.3 Å². The molecule has 0 atom stereocenters. The molecule has 0 radical (unpaired) electrons. The third-order valence-electron chi connectivity index (χ3n) is 5.10. The van der Waals surface area contributed by atoms with Crippen molar-refractivity contribution in [2.75, 3.05) is 28.4 Å². The van der Waals surface area contributed by atoms with E-state index < -0.39 is 5.97 Å². The maximum absolute atomic E-state index is 12.6. The van der Waals surface area contributed by atoms with Gasteiger partial charge in [-0.2, -0.15) is 0 Å². The van der Waals surface area contributed by atoms with Crippen molar-refractivity contribution in [1.29, 1.82) is 0 Å². The van der Waals surface area contributed by atoms with Crippen LogP contribution in [0.15, 0.2) is 47.5 Å². The Bertz CT molecular complexity index is 1350. The highest BCUT2D eigenvalue weighted by atomic mass is 16.5. The van der Waals surface area contributed by atoms with Crippen molar-refractivity contribution < 1.29 is 23.7 Å². The Morgan fingerprint density at radius 3 is 2.25 bits per heavy atom. The van der Waals surface area contributed by atoms with E-state index in [0.29, 0.717) is 34.1 Å². The predicted molar refractivity (Wildman–Crippen MR) is 119 cm³/mol. The zero-order chi connectivity index (χ0) is 22.8. The van der Waals surface area contributed by atoms with E-state index in [1.54, 1.807) is 42.7 Å². The summed E-state index contributed by atoms with van der Waals surface area (Å²) in [5.41, 5.74) is 2.83. The molecule has 4 rings (SSSR count). The van der Waals surface area contributed by atoms with E-state index in [1.165, 1.54) is 28.4 Å². The molecular formula is C23H21N3O6. The van der Waals surface area contributed by atoms with Crippen molar-refractivity contribution in [3.05, 3.63) is 58.6 Å². The normalized spacial score (nSPS) is 10.8. The number of nitrogens with zero attached hydrogens (tertiary/aromatic N) is 1. The highest BCUT2D eigenvalue weighted by Crippen LogP contribution is 2.40. The molecule has 32 heavy (non-hydrogen) atoms. The molecule has 0 spiro atoms. The monoisotopic (exact) mass is 435 g/mol. The first kappa shape index (κ1) is 21.0. The average molecular weight is 435 g/mol. The lowest BCUT2D eigenvalue weighted by molar-refractivity contribution is 0.0601. The van der Waals surface area contributed by atoms with Crippen molar-refractivity contribution in [2.45, 2.75) is 0 Å². The second-order valence-corrected chi connectivity index (χ2v) is 6.83. The SMILES string of the molecule is COC(=O)c1ccc2c(-c3c[nH]c(=O)c(-c4cc(OC)c(OC)c(OC)c4)n3)c[nH]c2c1. The van der Waals surface area contributed by atoms with Crippen LogP contribution in [-0.2, 0) is 4.74 Å². The Balaban J connectivity index is 1.84. The Labute approximate surface area is 182 Å². The number of rotatable bonds is 6. The Morgan fingerprint density at radius 1 is 0.906 bits per heavy atom. The molecule has 9 heteroatoms. The number of hydrogen-bond donors (Lipinski definition) is 2. The quantitative estimate of drug-likeness (QED) is 0.446. The maximum atomic E-state index is 12.6. The van der Waals surface area contributed by atoms with Gasteiger partial charge in [-0.15, -0.1) is 0 Å². The van der Waals surface area contributed by atoms with Crippen LogP contribution in [0.5, 0.6) is 17.2 Å². The van der Waals surface area contributed by atoms with Gasteiger partial charge in [-0.1, -0.05) is 6.07 Å². The summed E-state index contributed by atoms with van der Waals surface area (Å²) in [4.78, 5) is 34.9. The van der Waals surface area contributed by atoms with Gasteiger partial charge >= 0.3 is 5.97 Å². The van der Waals surface area contributed by atoms with Crippen LogP contribution in [0, 0.1) is 0 Å². The molecule has 0 saturated carbocycles. The second kappa shape index (κ2) is 8.46. The van der Waals surface area contributed by atoms with Crippen LogP contribution in [-0.4, -0.2) is 49.4 Å². The van der Waals surface area contributed by atoms with Crippen LogP contribution in [0.25, 0.3) is 33.4 Å². The smallest absolute Gasteiger partial charge is 0.337 e. The molecule has 164 valence electrons. The fraction of sp³-hybridized carbons (Fsp3) is 0.174. The number of aromatic nitrogens is 3. The molecule has 4 aromatic rings. The number of nitrogens with one attached hydrogen (secondary N) is 2. The number of esters is 1. The zero-order valence-electron chi connectivity index (χ0n) is 17.9. The van der Waals surface area contributed by atoms with Gasteiger partial charge < -0.3 is 28.9 Å². The van der Waals surface area contributed by atoms with Gasteiger partial charge in [0.05, 0.1) is 39.7 Å². The fourth-order valence-electron chi connectivity index (χ4n) is 3.54. The minimum Gasteiger partial charge on any atom is -0.493 e. The van der Waals surface area contributed by atoms with E-state index in [4.69, 9.17) is 18.9 Å². The van der Waals surface area contributed by atoms with Gasteiger partial charge in [-0.3, -0.25) is 4.79 Å². The first-order valence-electron chi connectivity index (χ1n) is 9.60. The number of methoxy groups -OCH3 is 4. The summed E-state index contributed by atoms with van der Waals surface area (Å²) in [5.74, 6) is 0.825. The fourth-order valence-corrected chi connectivity index (χ4v) is 3.54. The average Bonchev–Trinajstić information content (AvgIpc) is 3.26. The molecule has 0 bridgehead atoms. The van der Waals surface area contributed by atoms with Gasteiger partial charge in [0.15, 0.2) is 11.5 Å². The Kier molecular flexibility index (Phi) is 5.55. The van der Waals surface area contributed by atoms with Crippen molar-refractivity contribution >= 4 is 16.9 Å². The molecule has 9 nitrogen and oxygen atoms in total. The topological polar surface area (TPSA) is 116 Å². The third-order valence-corrected chi connectivity index (χ3v) is 5.10. The number of benzene rings is 2. The molecule has 2 aromatic carbocycles. The largest absolute Gasteiger partial charge is 0.493 e. The summed E-state index contributed by atoms with van der Waals surface area (Å²) < 4.78 is 20.9. The summed E-state index contributed by atoms with van der Waals surface area (Å²) in [7, 11) is 5.85. The number of hydrogen-bond acceptors (Lipinski definition) is 7. The maximum Gasteiger partial charge on any atom is 0.337 e. The van der Waals surface area contributed by atoms with E-state index in [9.17, 15) is 9.59 Å². The predicted octanol–water partition coefficient (Wildman–Crippen LogP) is 3.40. The van der Waals surface area contributed by atoms with Crippen LogP contribution in [0.2, 0.25) is 0 Å². The molecule has 0 saturated heterocycles. The van der Waals surface area contributed by atoms with Gasteiger partial charge in [0.1, 0.15) is 5.69 Å². The number of carbonyl (C=O) groups excluding carboxylic acids is 1. The molecule has 0 fully saturated rings. The number of fused-ring (bicyclic) bond motifs is 1. The molecule has 0 aliphatic rings. The van der Waals surface area contributed by atoms with Crippen LogP contribution < -0.4 is 19.8 Å². The highest BCUT2D eigenvalue weighted by molar-refractivity contribution is 5.99. The lowest BCUT2D eigenvalue weighted by Crippen LogP contribution is -2.11. The van der Waals surface area contributed by atoms with Gasteiger partial charge in [0.25, 0.3) is 5.56 Å². The first-order valence-corrected chi connectivity index (χ1v) is 9.60. The summed E-state index contributed by atoms with van der Waals surface area (Å²) in [6, 6.07) is 8.52. The summed E-state index contributed by atoms with van der Waals surface area (Å²) in [6.07, 6.45) is 3.31. The lowest BCUT2D eigenvalue weighted by atomic mass is 10.1. The number of H-pyrrole nitrogens is 2. The standard InChI is InChI=1S/C23H21N3O6/c1-29-18-8-13(9-19(30-2)21(18)31-3)20-22(27)25-11-17(26-20)15-10-24-16-7-12(23(28)32-4)5-6-14(15)16/h5-11,24H,1-4H3,(H,25,27). The number of carbonyl (C=O) groups is 1. The molecule has 2 heterocycles. The lowest BCUT2D eigenvalue weighted by Gasteiger charge is -2.14. The molecule has 2 N–H and O–H groups in total. The molecule has 2 aromatic heterocycles. The van der Waals surface area contributed by atoms with Gasteiger partial charge in [-0.25, -0.2) is 9.78 Å². The number of ether oxygens (including phenoxy) is 4. The molecule has 0 aliphatic carbocycles. The molecule has 0 unspecified atom stereocenters. The number of aromatic amines is 2. The van der Waals surface area contributed by atoms with E-state index >= 15 is 0 Å². The van der Waals surface area contributed by atoms with Gasteiger partial charge in [0.2, 0.25) is 5.75 Å². The summed E-state index contributed by atoms with van der Waals surface area (Å²) >= 11 is 0. The highest BCUT2D eigenvalue weighted by Gasteiger charge is 2.18. The molecule has 0 aliphatic heterocycles. The molecular weight excluding hydrogens is 414 g/mol. The van der Waals surface area contributed by atoms with Gasteiger partial charge in [-0.05, 0) is 24.3 Å². The van der Waals surface area contributed by atoms with Crippen molar-refractivity contribution in [2.24, 2.45) is 0 Å². The van der Waals surface area contributed by atoms with E-state index in [1.807, 2.05) is 0 Å². The Morgan fingerprint density at radius 2 is 1.62 bits per heavy atom. The van der Waals surface area contributed by atoms with E-state index in [0.717, 1.165) is 16.5 Å². The van der Waals surface area contributed by atoms with Crippen molar-refractivity contribution in [3.63, 3.8) is 0 Å². The van der Waals surface area contributed by atoms with Crippen LogP contribution >= 0.6 is 0 Å². The van der Waals surface area contributed by atoms with Crippen molar-refractivity contribution in [3.8, 4) is 39.8 Å². The minimum atomic E-state index is -0.421. The minimum absolute atomic E-state index is 0.197. The van der Waals surface area contributed by atoms with Crippen LogP contribution in [0.1, 0.15) is 10.4 Å². The van der Waals surface area contributed by atoms with Crippen LogP contribution in [0.4, 0.5) is 0 Å². The summed E-state index contributed by atoms with van der Waals surface area (Å²) in [6.45, 7) is 0. The van der Waals surface area contributed by atoms with Crippen LogP contribution in [0.3, 0.4) is 0 Å². The second-order valence-electron chi connectivity index (χ2n) is 6.83.